The molecule has 1 atom stereocenters. The second-order valence-corrected chi connectivity index (χ2v) is 5.38. The quantitative estimate of drug-likeness (QED) is 0.795. The van der Waals surface area contributed by atoms with E-state index < -0.39 is 17.9 Å². The molecular formula is C18H17FO4. The van der Waals surface area contributed by atoms with Crippen molar-refractivity contribution >= 4 is 5.97 Å². The van der Waals surface area contributed by atoms with Crippen molar-refractivity contribution in [2.75, 3.05) is 13.7 Å². The van der Waals surface area contributed by atoms with Crippen molar-refractivity contribution in [1.82, 2.24) is 0 Å². The Kier molecular flexibility index (Phi) is 4.57. The number of rotatable bonds is 5. The van der Waals surface area contributed by atoms with Crippen LogP contribution in [0.1, 0.15) is 21.5 Å². The van der Waals surface area contributed by atoms with Crippen LogP contribution in [0.5, 0.6) is 5.75 Å². The minimum atomic E-state index is -0.482. The van der Waals surface area contributed by atoms with Gasteiger partial charge in [-0.15, -0.1) is 0 Å². The normalized spacial score (nSPS) is 16.6. The molecule has 0 spiro atoms. The van der Waals surface area contributed by atoms with E-state index in [-0.39, 0.29) is 12.4 Å². The Morgan fingerprint density at radius 1 is 1.26 bits per heavy atom. The van der Waals surface area contributed by atoms with Crippen LogP contribution in [0.25, 0.3) is 0 Å². The summed E-state index contributed by atoms with van der Waals surface area (Å²) in [5, 5.41) is 0. The summed E-state index contributed by atoms with van der Waals surface area (Å²) in [4.78, 5) is 12.1. The molecule has 1 aliphatic rings. The van der Waals surface area contributed by atoms with Gasteiger partial charge >= 0.3 is 5.97 Å². The maximum atomic E-state index is 13.8. The first-order valence-corrected chi connectivity index (χ1v) is 7.36. The second-order valence-electron chi connectivity index (χ2n) is 5.38. The lowest BCUT2D eigenvalue weighted by Crippen LogP contribution is -2.31. The Morgan fingerprint density at radius 3 is 2.78 bits per heavy atom. The number of cyclic esters (lactones) is 1. The molecule has 1 unspecified atom stereocenters. The lowest BCUT2D eigenvalue weighted by atomic mass is 9.98. The van der Waals surface area contributed by atoms with Gasteiger partial charge in [0.1, 0.15) is 6.10 Å². The van der Waals surface area contributed by atoms with Gasteiger partial charge in [0.15, 0.2) is 11.6 Å². The van der Waals surface area contributed by atoms with Gasteiger partial charge in [0, 0.05) is 6.42 Å². The van der Waals surface area contributed by atoms with Gasteiger partial charge in [0.05, 0.1) is 25.9 Å². The summed E-state index contributed by atoms with van der Waals surface area (Å²) >= 11 is 0. The van der Waals surface area contributed by atoms with E-state index in [4.69, 9.17) is 14.2 Å². The second kappa shape index (κ2) is 6.79. The molecule has 1 heterocycles. The van der Waals surface area contributed by atoms with Crippen LogP contribution in [-0.4, -0.2) is 25.8 Å². The summed E-state index contributed by atoms with van der Waals surface area (Å²) in [6, 6.07) is 12.4. The number of halogens is 1. The van der Waals surface area contributed by atoms with Crippen LogP contribution in [0.3, 0.4) is 0 Å². The number of hydrogen-bond acceptors (Lipinski definition) is 4. The summed E-state index contributed by atoms with van der Waals surface area (Å²) in [6.07, 6.45) is 0.0167. The number of fused-ring (bicyclic) bond motifs is 1. The van der Waals surface area contributed by atoms with Crippen LogP contribution in [0.2, 0.25) is 0 Å². The number of ether oxygens (including phenoxy) is 3. The van der Waals surface area contributed by atoms with Crippen molar-refractivity contribution in [2.45, 2.75) is 19.1 Å². The fourth-order valence-corrected chi connectivity index (χ4v) is 2.59. The molecule has 0 radical (unpaired) electrons. The van der Waals surface area contributed by atoms with E-state index in [0.29, 0.717) is 24.2 Å². The highest BCUT2D eigenvalue weighted by molar-refractivity contribution is 5.92. The Balaban J connectivity index is 1.64. The lowest BCUT2D eigenvalue weighted by molar-refractivity contribution is -0.0123. The van der Waals surface area contributed by atoms with E-state index in [1.807, 2.05) is 30.3 Å². The number of benzene rings is 2. The fourth-order valence-electron chi connectivity index (χ4n) is 2.59. The predicted octanol–water partition coefficient (Wildman–Crippen LogP) is 3.13. The Bertz CT molecular complexity index is 700. The third-order valence-electron chi connectivity index (χ3n) is 3.73. The van der Waals surface area contributed by atoms with Crippen LogP contribution in [0.15, 0.2) is 42.5 Å². The third-order valence-corrected chi connectivity index (χ3v) is 3.73. The maximum absolute atomic E-state index is 13.8. The first kappa shape index (κ1) is 15.5. The Labute approximate surface area is 133 Å². The molecule has 1 aliphatic heterocycles. The fraction of sp³-hybridized carbons (Fsp3) is 0.278. The van der Waals surface area contributed by atoms with Gasteiger partial charge < -0.3 is 14.2 Å². The van der Waals surface area contributed by atoms with Crippen LogP contribution < -0.4 is 4.74 Å². The zero-order valence-corrected chi connectivity index (χ0v) is 12.8. The lowest BCUT2D eigenvalue weighted by Gasteiger charge is -2.25. The molecule has 5 heteroatoms. The zero-order chi connectivity index (χ0) is 16.2. The number of methoxy groups -OCH3 is 1. The minimum Gasteiger partial charge on any atom is -0.494 e. The minimum absolute atomic E-state index is 0.0412. The number of carbonyl (C=O) groups excluding carboxylic acids is 1. The molecule has 120 valence electrons. The van der Waals surface area contributed by atoms with Crippen LogP contribution in [0.4, 0.5) is 4.39 Å². The van der Waals surface area contributed by atoms with Crippen LogP contribution in [-0.2, 0) is 22.5 Å². The molecule has 3 rings (SSSR count). The summed E-state index contributed by atoms with van der Waals surface area (Å²) in [5.74, 6) is -0.915. The molecule has 2 aromatic rings. The van der Waals surface area contributed by atoms with Crippen molar-refractivity contribution in [3.63, 3.8) is 0 Å². The van der Waals surface area contributed by atoms with E-state index in [0.717, 1.165) is 5.56 Å². The van der Waals surface area contributed by atoms with Gasteiger partial charge in [-0.2, -0.15) is 0 Å². The van der Waals surface area contributed by atoms with E-state index in [2.05, 4.69) is 0 Å². The predicted molar refractivity (Wildman–Crippen MR) is 82.0 cm³/mol. The van der Waals surface area contributed by atoms with Crippen molar-refractivity contribution in [1.29, 1.82) is 0 Å². The summed E-state index contributed by atoms with van der Waals surface area (Å²) in [7, 11) is 1.36. The van der Waals surface area contributed by atoms with Crippen molar-refractivity contribution < 1.29 is 23.4 Å². The molecule has 0 saturated carbocycles. The van der Waals surface area contributed by atoms with E-state index in [1.54, 1.807) is 0 Å². The third kappa shape index (κ3) is 3.51. The topological polar surface area (TPSA) is 44.8 Å². The number of hydrogen-bond donors (Lipinski definition) is 0. The number of esters is 1. The van der Waals surface area contributed by atoms with Crippen molar-refractivity contribution in [3.8, 4) is 5.75 Å². The Morgan fingerprint density at radius 2 is 2.04 bits per heavy atom. The van der Waals surface area contributed by atoms with Crippen molar-refractivity contribution in [2.24, 2.45) is 0 Å². The average molecular weight is 316 g/mol. The monoisotopic (exact) mass is 316 g/mol. The molecule has 0 saturated heterocycles. The molecule has 2 aromatic carbocycles. The maximum Gasteiger partial charge on any atom is 0.338 e. The molecule has 0 N–H and O–H groups in total. The molecule has 0 aromatic heterocycles. The first-order valence-electron chi connectivity index (χ1n) is 7.36. The smallest absolute Gasteiger partial charge is 0.338 e. The van der Waals surface area contributed by atoms with Gasteiger partial charge in [-0.1, -0.05) is 30.3 Å². The van der Waals surface area contributed by atoms with Gasteiger partial charge in [0.2, 0.25) is 0 Å². The highest BCUT2D eigenvalue weighted by Gasteiger charge is 2.28. The van der Waals surface area contributed by atoms with Crippen LogP contribution in [0, 0.1) is 5.82 Å². The van der Waals surface area contributed by atoms with E-state index >= 15 is 0 Å². The summed E-state index contributed by atoms with van der Waals surface area (Å²) < 4.78 is 29.6. The van der Waals surface area contributed by atoms with E-state index in [1.165, 1.54) is 19.2 Å². The van der Waals surface area contributed by atoms with Crippen LogP contribution >= 0.6 is 0 Å². The van der Waals surface area contributed by atoms with Gasteiger partial charge in [-0.3, -0.25) is 0 Å². The SMILES string of the molecule is COc1cc2c(cc1F)CC(COCc1ccccc1)OC2=O. The molecule has 4 nitrogen and oxygen atoms in total. The van der Waals surface area contributed by atoms with Gasteiger partial charge in [-0.25, -0.2) is 9.18 Å². The van der Waals surface area contributed by atoms with Gasteiger partial charge in [-0.05, 0) is 23.3 Å². The molecule has 0 bridgehead atoms. The Hall–Kier alpha value is -2.40. The zero-order valence-electron chi connectivity index (χ0n) is 12.8. The largest absolute Gasteiger partial charge is 0.494 e. The number of carbonyl (C=O) groups is 1. The first-order chi connectivity index (χ1) is 11.2. The standard InChI is InChI=1S/C18H17FO4/c1-21-17-9-15-13(8-16(17)19)7-14(23-18(15)20)11-22-10-12-5-3-2-4-6-12/h2-6,8-9,14H,7,10-11H2,1H3. The molecule has 0 fully saturated rings. The average Bonchev–Trinajstić information content (AvgIpc) is 2.55. The highest BCUT2D eigenvalue weighted by Crippen LogP contribution is 2.28. The summed E-state index contributed by atoms with van der Waals surface area (Å²) in [5.41, 5.74) is 2.02. The molecule has 0 amide bonds. The molecule has 0 aliphatic carbocycles. The van der Waals surface area contributed by atoms with Gasteiger partial charge in [0.25, 0.3) is 0 Å². The van der Waals surface area contributed by atoms with E-state index in [9.17, 15) is 9.18 Å². The van der Waals surface area contributed by atoms with Crippen molar-refractivity contribution in [3.05, 3.63) is 65.0 Å². The highest BCUT2D eigenvalue weighted by atomic mass is 19.1. The summed E-state index contributed by atoms with van der Waals surface area (Å²) in [6.45, 7) is 0.715. The molecular weight excluding hydrogens is 299 g/mol. The molecule has 23 heavy (non-hydrogen) atoms.